The second-order valence-corrected chi connectivity index (χ2v) is 6.25. The summed E-state index contributed by atoms with van der Waals surface area (Å²) in [6, 6.07) is 0. The van der Waals surface area contributed by atoms with E-state index in [0.717, 1.165) is 16.7 Å². The summed E-state index contributed by atoms with van der Waals surface area (Å²) in [5.41, 5.74) is 5.21. The van der Waals surface area contributed by atoms with Gasteiger partial charge in [0.15, 0.2) is 0 Å². The first-order valence-corrected chi connectivity index (χ1v) is 8.22. The highest BCUT2D eigenvalue weighted by molar-refractivity contribution is 8.14. The Morgan fingerprint density at radius 2 is 1.87 bits per heavy atom. The van der Waals surface area contributed by atoms with Crippen LogP contribution in [0.4, 0.5) is 4.79 Å². The van der Waals surface area contributed by atoms with Crippen LogP contribution in [0, 0.1) is 5.92 Å². The van der Waals surface area contributed by atoms with Crippen molar-refractivity contribution in [2.45, 2.75) is 12.8 Å². The number of likely N-dealkylation sites (tertiary alicyclic amines) is 1. The monoisotopic (exact) mass is 342 g/mol. The van der Waals surface area contributed by atoms with Crippen LogP contribution in [0.15, 0.2) is 0 Å². The summed E-state index contributed by atoms with van der Waals surface area (Å²) in [7, 11) is 0. The highest BCUT2D eigenvalue weighted by Gasteiger charge is 2.31. The maximum atomic E-state index is 12.0. The summed E-state index contributed by atoms with van der Waals surface area (Å²) < 4.78 is 0. The van der Waals surface area contributed by atoms with Crippen LogP contribution in [-0.4, -0.2) is 70.6 Å². The van der Waals surface area contributed by atoms with Gasteiger partial charge < -0.3 is 16.0 Å². The fourth-order valence-corrected chi connectivity index (χ4v) is 3.22. The molecule has 0 aromatic heterocycles. The van der Waals surface area contributed by atoms with E-state index in [1.807, 2.05) is 0 Å². The number of amides is 5. The largest absolute Gasteiger partial charge is 0.369 e. The predicted molar refractivity (Wildman–Crippen MR) is 81.1 cm³/mol. The van der Waals surface area contributed by atoms with Crippen molar-refractivity contribution in [1.82, 2.24) is 15.1 Å². The molecule has 0 radical (unpaired) electrons. The molecular weight excluding hydrogens is 324 g/mol. The number of nitrogens with zero attached hydrogens (tertiary/aromatic N) is 2. The molecule has 2 rings (SSSR count). The minimum atomic E-state index is -0.783. The summed E-state index contributed by atoms with van der Waals surface area (Å²) in [4.78, 5) is 60.0. The molecule has 0 aromatic carbocycles. The van der Waals surface area contributed by atoms with Crippen LogP contribution in [0.5, 0.6) is 0 Å². The lowest BCUT2D eigenvalue weighted by Gasteiger charge is -2.30. The van der Waals surface area contributed by atoms with Crippen molar-refractivity contribution >= 4 is 40.6 Å². The molecule has 0 bridgehead atoms. The fraction of sp³-hybridized carbons (Fsp3) is 0.615. The molecular formula is C13H18N4O5S. The molecule has 9 nitrogen and oxygen atoms in total. The van der Waals surface area contributed by atoms with Gasteiger partial charge in [0.2, 0.25) is 11.8 Å². The Hall–Kier alpha value is -2.10. The quantitative estimate of drug-likeness (QED) is 0.599. The third-order valence-electron chi connectivity index (χ3n) is 3.84. The second-order valence-electron chi connectivity index (χ2n) is 5.32. The lowest BCUT2D eigenvalue weighted by molar-refractivity contribution is -0.147. The van der Waals surface area contributed by atoms with E-state index in [-0.39, 0.29) is 41.8 Å². The molecule has 2 aliphatic heterocycles. The molecule has 2 fully saturated rings. The van der Waals surface area contributed by atoms with E-state index in [1.54, 1.807) is 0 Å². The molecule has 0 aliphatic carbocycles. The van der Waals surface area contributed by atoms with Gasteiger partial charge in [0, 0.05) is 32.1 Å². The van der Waals surface area contributed by atoms with Crippen molar-refractivity contribution in [3.63, 3.8) is 0 Å². The van der Waals surface area contributed by atoms with E-state index >= 15 is 0 Å². The lowest BCUT2D eigenvalue weighted by Crippen LogP contribution is -2.49. The number of carbonyl (C=O) groups is 5. The predicted octanol–water partition coefficient (Wildman–Crippen LogP) is -1.48. The second kappa shape index (κ2) is 7.44. The molecule has 0 spiro atoms. The summed E-state index contributed by atoms with van der Waals surface area (Å²) in [6.45, 7) is 0.687. The average Bonchev–Trinajstić information content (AvgIpc) is 2.86. The van der Waals surface area contributed by atoms with Crippen LogP contribution in [-0.2, 0) is 19.2 Å². The Labute approximate surface area is 136 Å². The van der Waals surface area contributed by atoms with Gasteiger partial charge in [0.05, 0.1) is 5.75 Å². The number of piperidine rings is 1. The zero-order valence-electron chi connectivity index (χ0n) is 12.4. The topological polar surface area (TPSA) is 130 Å². The zero-order valence-corrected chi connectivity index (χ0v) is 13.3. The molecule has 126 valence electrons. The summed E-state index contributed by atoms with van der Waals surface area (Å²) in [5, 5.41) is 2.06. The van der Waals surface area contributed by atoms with Gasteiger partial charge in [-0.25, -0.2) is 0 Å². The van der Waals surface area contributed by atoms with Crippen LogP contribution in [0.25, 0.3) is 0 Å². The molecule has 23 heavy (non-hydrogen) atoms. The van der Waals surface area contributed by atoms with Crippen LogP contribution in [0.2, 0.25) is 0 Å². The van der Waals surface area contributed by atoms with Gasteiger partial charge >= 0.3 is 11.8 Å². The van der Waals surface area contributed by atoms with Crippen LogP contribution >= 0.6 is 11.8 Å². The number of hydrogen-bond donors (Lipinski definition) is 2. The van der Waals surface area contributed by atoms with Crippen molar-refractivity contribution < 1.29 is 24.0 Å². The molecule has 0 unspecified atom stereocenters. The molecule has 2 saturated heterocycles. The number of carbonyl (C=O) groups excluding carboxylic acids is 5. The van der Waals surface area contributed by atoms with E-state index in [1.165, 1.54) is 4.90 Å². The lowest BCUT2D eigenvalue weighted by atomic mass is 9.96. The van der Waals surface area contributed by atoms with Crippen molar-refractivity contribution in [2.75, 3.05) is 31.9 Å². The number of nitrogens with two attached hydrogens (primary N) is 1. The first kappa shape index (κ1) is 17.3. The Balaban J connectivity index is 1.73. The number of rotatable bonds is 4. The van der Waals surface area contributed by atoms with Gasteiger partial charge in [-0.1, -0.05) is 11.8 Å². The molecule has 0 aromatic rings. The van der Waals surface area contributed by atoms with E-state index in [0.29, 0.717) is 25.9 Å². The smallest absolute Gasteiger partial charge is 0.311 e. The third kappa shape index (κ3) is 4.21. The van der Waals surface area contributed by atoms with Crippen LogP contribution in [0.3, 0.4) is 0 Å². The molecule has 5 amide bonds. The maximum absolute atomic E-state index is 12.0. The van der Waals surface area contributed by atoms with Crippen molar-refractivity contribution in [1.29, 1.82) is 0 Å². The highest BCUT2D eigenvalue weighted by atomic mass is 32.2. The zero-order chi connectivity index (χ0) is 17.0. The van der Waals surface area contributed by atoms with Gasteiger partial charge in [-0.15, -0.1) is 0 Å². The molecule has 2 heterocycles. The first-order valence-electron chi connectivity index (χ1n) is 7.23. The van der Waals surface area contributed by atoms with Gasteiger partial charge in [0.25, 0.3) is 5.24 Å². The minimum Gasteiger partial charge on any atom is -0.369 e. The van der Waals surface area contributed by atoms with Gasteiger partial charge in [-0.2, -0.15) is 0 Å². The normalized spacial score (nSPS) is 19.1. The molecule has 3 N–H and O–H groups in total. The number of nitrogens with one attached hydrogen (secondary N) is 1. The van der Waals surface area contributed by atoms with Crippen LogP contribution in [0.1, 0.15) is 12.8 Å². The first-order chi connectivity index (χ1) is 10.9. The van der Waals surface area contributed by atoms with E-state index < -0.39 is 11.8 Å². The standard InChI is InChI=1S/C13H18N4O5S/c14-10(19)8-1-4-16(5-2-8)12(21)11(20)15-3-6-17-9(18)7-23-13(17)22/h8H,1-7H2,(H2,14,19)(H,15,20). The van der Waals surface area contributed by atoms with Gasteiger partial charge in [-0.05, 0) is 12.8 Å². The maximum Gasteiger partial charge on any atom is 0.311 e. The van der Waals surface area contributed by atoms with E-state index in [9.17, 15) is 24.0 Å². The summed E-state index contributed by atoms with van der Waals surface area (Å²) in [6.07, 6.45) is 0.894. The summed E-state index contributed by atoms with van der Waals surface area (Å²) >= 11 is 0.916. The Bertz CT molecular complexity index is 528. The van der Waals surface area contributed by atoms with Crippen molar-refractivity contribution in [3.8, 4) is 0 Å². The molecule has 0 atom stereocenters. The fourth-order valence-electron chi connectivity index (χ4n) is 2.46. The molecule has 10 heteroatoms. The Morgan fingerprint density at radius 3 is 2.39 bits per heavy atom. The molecule has 0 saturated carbocycles. The number of primary amides is 1. The van der Waals surface area contributed by atoms with Gasteiger partial charge in [0.1, 0.15) is 0 Å². The van der Waals surface area contributed by atoms with Gasteiger partial charge in [-0.3, -0.25) is 28.9 Å². The van der Waals surface area contributed by atoms with E-state index in [2.05, 4.69) is 5.32 Å². The Morgan fingerprint density at radius 1 is 1.22 bits per heavy atom. The Kier molecular flexibility index (Phi) is 5.59. The van der Waals surface area contributed by atoms with Crippen molar-refractivity contribution in [3.05, 3.63) is 0 Å². The number of hydrogen-bond acceptors (Lipinski definition) is 6. The minimum absolute atomic E-state index is 0.0281. The SMILES string of the molecule is NC(=O)C1CCN(C(=O)C(=O)NCCN2C(=O)CSC2=O)CC1. The third-order valence-corrected chi connectivity index (χ3v) is 4.70. The van der Waals surface area contributed by atoms with Crippen LogP contribution < -0.4 is 11.1 Å². The summed E-state index contributed by atoms with van der Waals surface area (Å²) in [5.74, 6) is -2.29. The molecule has 2 aliphatic rings. The van der Waals surface area contributed by atoms with E-state index in [4.69, 9.17) is 5.73 Å². The highest BCUT2D eigenvalue weighted by Crippen LogP contribution is 2.18. The number of imide groups is 1. The average molecular weight is 342 g/mol. The van der Waals surface area contributed by atoms with Crippen molar-refractivity contribution in [2.24, 2.45) is 11.7 Å². The number of thioether (sulfide) groups is 1.